The first-order valence-electron chi connectivity index (χ1n) is 8.68. The molecule has 28 heavy (non-hydrogen) atoms. The lowest BCUT2D eigenvalue weighted by molar-refractivity contribution is 0.0938. The summed E-state index contributed by atoms with van der Waals surface area (Å²) in [6.07, 6.45) is 0. The first kappa shape index (κ1) is 20.7. The number of benzene rings is 2. The van der Waals surface area contributed by atoms with Crippen LogP contribution < -0.4 is 5.32 Å². The summed E-state index contributed by atoms with van der Waals surface area (Å²) < 4.78 is 1.90. The summed E-state index contributed by atoms with van der Waals surface area (Å²) in [6.45, 7) is 3.93. The molecule has 0 saturated heterocycles. The van der Waals surface area contributed by atoms with Crippen LogP contribution in [0.3, 0.4) is 0 Å². The van der Waals surface area contributed by atoms with E-state index >= 15 is 0 Å². The maximum absolute atomic E-state index is 12.5. The van der Waals surface area contributed by atoms with Crippen molar-refractivity contribution in [3.8, 4) is 0 Å². The van der Waals surface area contributed by atoms with Crippen molar-refractivity contribution in [2.24, 2.45) is 7.05 Å². The summed E-state index contributed by atoms with van der Waals surface area (Å²) in [7, 11) is 1.89. The number of hydrogen-bond acceptors (Lipinski definition) is 4. The number of amides is 1. The first-order valence-corrected chi connectivity index (χ1v) is 10.4. The van der Waals surface area contributed by atoms with Crippen molar-refractivity contribution in [2.75, 3.05) is 0 Å². The van der Waals surface area contributed by atoms with Crippen LogP contribution in [0.4, 0.5) is 0 Å². The Balaban J connectivity index is 1.66. The van der Waals surface area contributed by atoms with Crippen LogP contribution in [0.25, 0.3) is 0 Å². The summed E-state index contributed by atoms with van der Waals surface area (Å²) in [6, 6.07) is 12.9. The van der Waals surface area contributed by atoms with Gasteiger partial charge in [0, 0.05) is 17.8 Å². The van der Waals surface area contributed by atoms with E-state index in [0.717, 1.165) is 10.9 Å². The van der Waals surface area contributed by atoms with Crippen LogP contribution in [-0.4, -0.2) is 20.7 Å². The van der Waals surface area contributed by atoms with Gasteiger partial charge in [-0.2, -0.15) is 0 Å². The molecule has 2 aromatic carbocycles. The number of carbonyl (C=O) groups excluding carboxylic acids is 1. The maximum atomic E-state index is 12.5. The molecule has 0 fully saturated rings. The molecule has 0 aliphatic carbocycles. The van der Waals surface area contributed by atoms with Crippen LogP contribution >= 0.6 is 35.0 Å². The Morgan fingerprint density at radius 3 is 2.57 bits per heavy atom. The Kier molecular flexibility index (Phi) is 6.65. The lowest BCUT2D eigenvalue weighted by atomic mass is 10.2. The van der Waals surface area contributed by atoms with Crippen molar-refractivity contribution < 1.29 is 4.79 Å². The second-order valence-corrected chi connectivity index (χ2v) is 8.28. The molecule has 146 valence electrons. The predicted octanol–water partition coefficient (Wildman–Crippen LogP) is 5.21. The van der Waals surface area contributed by atoms with Crippen molar-refractivity contribution in [2.45, 2.75) is 30.8 Å². The standard InChI is InChI=1S/C20H20Cl2N4OS/c1-12-4-6-14(7-5-12)11-28-20-25-24-18(26(20)3)13(2)23-19(27)16-9-8-15(21)10-17(16)22/h4-10,13H,11H2,1-3H3,(H,23,27)/t13-/m1/s1. The molecule has 1 heterocycles. The zero-order valence-electron chi connectivity index (χ0n) is 15.7. The molecular formula is C20H20Cl2N4OS. The highest BCUT2D eigenvalue weighted by Crippen LogP contribution is 2.24. The molecule has 0 unspecified atom stereocenters. The Bertz CT molecular complexity index is 988. The van der Waals surface area contributed by atoms with Gasteiger partial charge in [-0.05, 0) is 37.6 Å². The molecule has 1 N–H and O–H groups in total. The highest BCUT2D eigenvalue weighted by atomic mass is 35.5. The van der Waals surface area contributed by atoms with E-state index in [2.05, 4.69) is 46.7 Å². The average molecular weight is 435 g/mol. The SMILES string of the molecule is Cc1ccc(CSc2nnc([C@@H](C)NC(=O)c3ccc(Cl)cc3Cl)n2C)cc1. The summed E-state index contributed by atoms with van der Waals surface area (Å²) in [4.78, 5) is 12.5. The molecule has 5 nitrogen and oxygen atoms in total. The lowest BCUT2D eigenvalue weighted by Crippen LogP contribution is -2.28. The summed E-state index contributed by atoms with van der Waals surface area (Å²) in [5, 5.41) is 13.0. The number of aromatic nitrogens is 3. The van der Waals surface area contributed by atoms with Gasteiger partial charge in [0.1, 0.15) is 0 Å². The summed E-state index contributed by atoms with van der Waals surface area (Å²) >= 11 is 13.6. The van der Waals surface area contributed by atoms with Crippen LogP contribution in [0.5, 0.6) is 0 Å². The molecule has 0 aliphatic heterocycles. The van der Waals surface area contributed by atoms with E-state index in [-0.39, 0.29) is 11.9 Å². The summed E-state index contributed by atoms with van der Waals surface area (Å²) in [5.41, 5.74) is 2.83. The number of rotatable bonds is 6. The van der Waals surface area contributed by atoms with Crippen molar-refractivity contribution in [3.05, 3.63) is 75.0 Å². The number of nitrogens with zero attached hydrogens (tertiary/aromatic N) is 3. The van der Waals surface area contributed by atoms with E-state index in [9.17, 15) is 4.79 Å². The zero-order chi connectivity index (χ0) is 20.3. The molecule has 1 atom stereocenters. The molecule has 8 heteroatoms. The highest BCUT2D eigenvalue weighted by molar-refractivity contribution is 7.98. The maximum Gasteiger partial charge on any atom is 0.253 e. The van der Waals surface area contributed by atoms with Crippen LogP contribution in [0.15, 0.2) is 47.6 Å². The van der Waals surface area contributed by atoms with Gasteiger partial charge in [0.2, 0.25) is 0 Å². The fourth-order valence-corrected chi connectivity index (χ4v) is 4.04. The Morgan fingerprint density at radius 2 is 1.89 bits per heavy atom. The second kappa shape index (κ2) is 8.99. The Morgan fingerprint density at radius 1 is 1.18 bits per heavy atom. The largest absolute Gasteiger partial charge is 0.342 e. The fraction of sp³-hybridized carbons (Fsp3) is 0.250. The fourth-order valence-electron chi connectivity index (χ4n) is 2.67. The second-order valence-electron chi connectivity index (χ2n) is 6.49. The smallest absolute Gasteiger partial charge is 0.253 e. The summed E-state index contributed by atoms with van der Waals surface area (Å²) in [5.74, 6) is 1.18. The zero-order valence-corrected chi connectivity index (χ0v) is 18.1. The van der Waals surface area contributed by atoms with Crippen molar-refractivity contribution in [3.63, 3.8) is 0 Å². The molecule has 1 aromatic heterocycles. The topological polar surface area (TPSA) is 59.8 Å². The third kappa shape index (κ3) is 4.87. The van der Waals surface area contributed by atoms with E-state index < -0.39 is 0 Å². The monoisotopic (exact) mass is 434 g/mol. The minimum absolute atomic E-state index is 0.286. The number of aryl methyl sites for hydroxylation is 1. The number of nitrogens with one attached hydrogen (secondary N) is 1. The van der Waals surface area contributed by atoms with E-state index in [0.29, 0.717) is 21.4 Å². The normalized spacial score (nSPS) is 12.0. The van der Waals surface area contributed by atoms with Gasteiger partial charge in [0.25, 0.3) is 5.91 Å². The number of thioether (sulfide) groups is 1. The van der Waals surface area contributed by atoms with Crippen molar-refractivity contribution >= 4 is 40.9 Å². The lowest BCUT2D eigenvalue weighted by Gasteiger charge is -2.14. The minimum atomic E-state index is -0.328. The molecule has 0 radical (unpaired) electrons. The minimum Gasteiger partial charge on any atom is -0.342 e. The molecule has 3 rings (SSSR count). The molecule has 1 amide bonds. The van der Waals surface area contributed by atoms with Crippen LogP contribution in [0.2, 0.25) is 10.0 Å². The highest BCUT2D eigenvalue weighted by Gasteiger charge is 2.19. The third-order valence-electron chi connectivity index (χ3n) is 4.27. The van der Waals surface area contributed by atoms with E-state index in [1.807, 2.05) is 18.5 Å². The quantitative estimate of drug-likeness (QED) is 0.540. The van der Waals surface area contributed by atoms with Gasteiger partial charge in [-0.25, -0.2) is 0 Å². The molecular weight excluding hydrogens is 415 g/mol. The molecule has 0 aliphatic rings. The molecule has 0 bridgehead atoms. The molecule has 3 aromatic rings. The van der Waals surface area contributed by atoms with Crippen molar-refractivity contribution in [1.82, 2.24) is 20.1 Å². The van der Waals surface area contributed by atoms with Gasteiger partial charge in [-0.15, -0.1) is 10.2 Å². The average Bonchev–Trinajstić information content (AvgIpc) is 3.01. The van der Waals surface area contributed by atoms with Crippen LogP contribution in [0.1, 0.15) is 40.3 Å². The van der Waals surface area contributed by atoms with Gasteiger partial charge in [0.05, 0.1) is 16.6 Å². The van der Waals surface area contributed by atoms with Gasteiger partial charge >= 0.3 is 0 Å². The predicted molar refractivity (Wildman–Crippen MR) is 114 cm³/mol. The van der Waals surface area contributed by atoms with E-state index in [1.165, 1.54) is 11.1 Å². The molecule has 0 saturated carbocycles. The van der Waals surface area contributed by atoms with Gasteiger partial charge in [-0.1, -0.05) is 64.8 Å². The molecule has 0 spiro atoms. The third-order valence-corrected chi connectivity index (χ3v) is 5.91. The Hall–Kier alpha value is -2.02. The Labute approximate surface area is 178 Å². The number of hydrogen-bond donors (Lipinski definition) is 1. The van der Waals surface area contributed by atoms with Crippen LogP contribution in [-0.2, 0) is 12.8 Å². The van der Waals surface area contributed by atoms with Crippen molar-refractivity contribution in [1.29, 1.82) is 0 Å². The number of halogens is 2. The van der Waals surface area contributed by atoms with E-state index in [1.54, 1.807) is 30.0 Å². The van der Waals surface area contributed by atoms with E-state index in [4.69, 9.17) is 23.2 Å². The van der Waals surface area contributed by atoms with Gasteiger partial charge in [0.15, 0.2) is 11.0 Å². The van der Waals surface area contributed by atoms with Gasteiger partial charge < -0.3 is 9.88 Å². The first-order chi connectivity index (χ1) is 13.3. The number of carbonyl (C=O) groups is 1. The van der Waals surface area contributed by atoms with Crippen LogP contribution in [0, 0.1) is 6.92 Å². The van der Waals surface area contributed by atoms with Gasteiger partial charge in [-0.3, -0.25) is 4.79 Å².